The van der Waals surface area contributed by atoms with Gasteiger partial charge < -0.3 is 9.64 Å². The van der Waals surface area contributed by atoms with Crippen molar-refractivity contribution in [2.75, 3.05) is 25.1 Å². The topological polar surface area (TPSA) is 29.5 Å². The van der Waals surface area contributed by atoms with Crippen LogP contribution >= 0.6 is 0 Å². The van der Waals surface area contributed by atoms with Gasteiger partial charge in [0, 0.05) is 24.9 Å². The number of para-hydroxylation sites is 1. The lowest BCUT2D eigenvalue weighted by atomic mass is 10.2. The van der Waals surface area contributed by atoms with Crippen LogP contribution < -0.4 is 4.90 Å². The minimum atomic E-state index is -0.312. The molecule has 0 aliphatic rings. The number of esters is 1. The number of nitrogens with zero attached hydrogens (tertiary/aromatic N) is 1. The number of carbonyl (C=O) groups is 1. The first-order valence-electron chi connectivity index (χ1n) is 6.11. The second-order valence-corrected chi connectivity index (χ2v) is 4.48. The average molecular weight is 247 g/mol. The van der Waals surface area contributed by atoms with Crippen molar-refractivity contribution in [2.24, 2.45) is 0 Å². The molecule has 0 radical (unpaired) electrons. The van der Waals surface area contributed by atoms with E-state index < -0.39 is 0 Å². The van der Waals surface area contributed by atoms with E-state index in [-0.39, 0.29) is 5.97 Å². The van der Waals surface area contributed by atoms with Crippen LogP contribution in [0.5, 0.6) is 0 Å². The predicted molar refractivity (Wildman–Crippen MR) is 74.8 cm³/mol. The fourth-order valence-corrected chi connectivity index (χ4v) is 1.70. The zero-order valence-corrected chi connectivity index (χ0v) is 11.4. The molecule has 0 fully saturated rings. The van der Waals surface area contributed by atoms with Gasteiger partial charge in [-0.05, 0) is 31.9 Å². The molecule has 3 heteroatoms. The van der Waals surface area contributed by atoms with Gasteiger partial charge >= 0.3 is 5.97 Å². The van der Waals surface area contributed by atoms with E-state index in [0.29, 0.717) is 12.2 Å². The van der Waals surface area contributed by atoms with Gasteiger partial charge in [-0.2, -0.15) is 0 Å². The molecule has 0 unspecified atom stereocenters. The lowest BCUT2D eigenvalue weighted by Gasteiger charge is -2.21. The molecule has 0 saturated heterocycles. The maximum Gasteiger partial charge on any atom is 0.333 e. The minimum absolute atomic E-state index is 0.312. The van der Waals surface area contributed by atoms with Crippen LogP contribution in [0.4, 0.5) is 5.69 Å². The zero-order valence-electron chi connectivity index (χ0n) is 11.4. The predicted octanol–water partition coefficient (Wildman–Crippen LogP) is 2.94. The summed E-state index contributed by atoms with van der Waals surface area (Å²) in [6.45, 7) is 8.58. The van der Waals surface area contributed by atoms with E-state index in [1.54, 1.807) is 6.92 Å². The monoisotopic (exact) mass is 247 g/mol. The average Bonchev–Trinajstić information content (AvgIpc) is 2.34. The third-order valence-electron chi connectivity index (χ3n) is 2.75. The lowest BCUT2D eigenvalue weighted by Crippen LogP contribution is -2.21. The van der Waals surface area contributed by atoms with Crippen LogP contribution in [0, 0.1) is 6.92 Å². The van der Waals surface area contributed by atoms with Crippen LogP contribution in [0.2, 0.25) is 0 Å². The van der Waals surface area contributed by atoms with Crippen molar-refractivity contribution >= 4 is 11.7 Å². The molecule has 0 spiro atoms. The molecular formula is C15H21NO2. The largest absolute Gasteiger partial charge is 0.462 e. The molecule has 0 N–H and O–H groups in total. The van der Waals surface area contributed by atoms with E-state index >= 15 is 0 Å². The van der Waals surface area contributed by atoms with E-state index in [2.05, 4.69) is 30.5 Å². The van der Waals surface area contributed by atoms with E-state index in [0.717, 1.165) is 13.0 Å². The van der Waals surface area contributed by atoms with Gasteiger partial charge in [0.15, 0.2) is 0 Å². The standard InChI is InChI=1S/C15H21NO2/c1-12(2)15(17)18-11-7-10-16(4)14-9-6-5-8-13(14)3/h5-6,8-9H,1,7,10-11H2,2-4H3. The molecule has 0 aromatic heterocycles. The Bertz CT molecular complexity index is 426. The van der Waals surface area contributed by atoms with Gasteiger partial charge in [-0.25, -0.2) is 4.79 Å². The minimum Gasteiger partial charge on any atom is -0.462 e. The number of aryl methyl sites for hydroxylation is 1. The number of ether oxygens (including phenoxy) is 1. The van der Waals surface area contributed by atoms with Gasteiger partial charge in [0.1, 0.15) is 0 Å². The number of hydrogen-bond donors (Lipinski definition) is 0. The molecule has 0 saturated carbocycles. The molecule has 98 valence electrons. The second-order valence-electron chi connectivity index (χ2n) is 4.48. The van der Waals surface area contributed by atoms with Crippen LogP contribution in [0.25, 0.3) is 0 Å². The molecule has 1 aromatic rings. The van der Waals surface area contributed by atoms with Gasteiger partial charge in [0.25, 0.3) is 0 Å². The summed E-state index contributed by atoms with van der Waals surface area (Å²) in [6.07, 6.45) is 0.809. The summed E-state index contributed by atoms with van der Waals surface area (Å²) in [6, 6.07) is 8.24. The van der Waals surface area contributed by atoms with Crippen molar-refractivity contribution in [3.05, 3.63) is 42.0 Å². The molecule has 0 aliphatic heterocycles. The van der Waals surface area contributed by atoms with Gasteiger partial charge in [-0.1, -0.05) is 24.8 Å². The van der Waals surface area contributed by atoms with Crippen molar-refractivity contribution < 1.29 is 9.53 Å². The van der Waals surface area contributed by atoms with Crippen LogP contribution in [0.1, 0.15) is 18.9 Å². The number of hydrogen-bond acceptors (Lipinski definition) is 3. The Hall–Kier alpha value is -1.77. The quantitative estimate of drug-likeness (QED) is 0.440. The molecule has 1 aromatic carbocycles. The maximum atomic E-state index is 11.2. The highest BCUT2D eigenvalue weighted by atomic mass is 16.5. The summed E-state index contributed by atoms with van der Waals surface area (Å²) in [5.74, 6) is -0.312. The Labute approximate surface area is 109 Å². The Morgan fingerprint density at radius 2 is 2.06 bits per heavy atom. The highest BCUT2D eigenvalue weighted by Crippen LogP contribution is 2.17. The molecule has 18 heavy (non-hydrogen) atoms. The van der Waals surface area contributed by atoms with Crippen LogP contribution in [-0.4, -0.2) is 26.2 Å². The Kier molecular flexibility index (Phi) is 5.43. The molecule has 0 atom stereocenters. The van der Waals surface area contributed by atoms with Gasteiger partial charge in [0.2, 0.25) is 0 Å². The van der Waals surface area contributed by atoms with E-state index in [1.807, 2.05) is 19.2 Å². The number of anilines is 1. The van der Waals surface area contributed by atoms with Gasteiger partial charge in [-0.3, -0.25) is 0 Å². The summed E-state index contributed by atoms with van der Waals surface area (Å²) >= 11 is 0. The van der Waals surface area contributed by atoms with Crippen molar-refractivity contribution in [1.82, 2.24) is 0 Å². The molecule has 0 aliphatic carbocycles. The molecule has 0 bridgehead atoms. The first-order valence-corrected chi connectivity index (χ1v) is 6.11. The molecular weight excluding hydrogens is 226 g/mol. The summed E-state index contributed by atoms with van der Waals surface area (Å²) in [7, 11) is 2.04. The fraction of sp³-hybridized carbons (Fsp3) is 0.400. The first-order chi connectivity index (χ1) is 8.52. The van der Waals surface area contributed by atoms with Gasteiger partial charge in [-0.15, -0.1) is 0 Å². The fourth-order valence-electron chi connectivity index (χ4n) is 1.70. The van der Waals surface area contributed by atoms with Crippen molar-refractivity contribution in [3.8, 4) is 0 Å². The van der Waals surface area contributed by atoms with Crippen molar-refractivity contribution in [3.63, 3.8) is 0 Å². The van der Waals surface area contributed by atoms with Crippen LogP contribution in [0.15, 0.2) is 36.4 Å². The number of carbonyl (C=O) groups excluding carboxylic acids is 1. The smallest absolute Gasteiger partial charge is 0.333 e. The maximum absolute atomic E-state index is 11.2. The van der Waals surface area contributed by atoms with Crippen molar-refractivity contribution in [1.29, 1.82) is 0 Å². The summed E-state index contributed by atoms with van der Waals surface area (Å²) in [5, 5.41) is 0. The number of benzene rings is 1. The van der Waals surface area contributed by atoms with E-state index in [9.17, 15) is 4.79 Å². The lowest BCUT2D eigenvalue weighted by molar-refractivity contribution is -0.138. The summed E-state index contributed by atoms with van der Waals surface area (Å²) in [5.41, 5.74) is 2.91. The Balaban J connectivity index is 2.34. The first kappa shape index (κ1) is 14.3. The summed E-state index contributed by atoms with van der Waals surface area (Å²) < 4.78 is 5.05. The van der Waals surface area contributed by atoms with Crippen molar-refractivity contribution in [2.45, 2.75) is 20.3 Å². The highest BCUT2D eigenvalue weighted by Gasteiger charge is 2.05. The van der Waals surface area contributed by atoms with E-state index in [1.165, 1.54) is 11.3 Å². The third-order valence-corrected chi connectivity index (χ3v) is 2.75. The number of rotatable bonds is 6. The summed E-state index contributed by atoms with van der Waals surface area (Å²) in [4.78, 5) is 13.3. The Morgan fingerprint density at radius 1 is 1.39 bits per heavy atom. The third kappa shape index (κ3) is 4.24. The van der Waals surface area contributed by atoms with Crippen LogP contribution in [-0.2, 0) is 9.53 Å². The van der Waals surface area contributed by atoms with Gasteiger partial charge in [0.05, 0.1) is 6.61 Å². The normalized spacial score (nSPS) is 9.94. The van der Waals surface area contributed by atoms with Crippen LogP contribution in [0.3, 0.4) is 0 Å². The Morgan fingerprint density at radius 3 is 2.67 bits per heavy atom. The molecule has 3 nitrogen and oxygen atoms in total. The SMILES string of the molecule is C=C(C)C(=O)OCCCN(C)c1ccccc1C. The molecule has 0 heterocycles. The zero-order chi connectivity index (χ0) is 13.5. The molecule has 0 amide bonds. The highest BCUT2D eigenvalue weighted by molar-refractivity contribution is 5.86. The van der Waals surface area contributed by atoms with E-state index in [4.69, 9.17) is 4.74 Å². The second kappa shape index (κ2) is 6.84. The molecule has 1 rings (SSSR count).